The first kappa shape index (κ1) is 16.7. The van der Waals surface area contributed by atoms with Crippen molar-refractivity contribution >= 4 is 11.9 Å². The van der Waals surface area contributed by atoms with Gasteiger partial charge in [0.1, 0.15) is 6.33 Å². The summed E-state index contributed by atoms with van der Waals surface area (Å²) in [5, 5.41) is 0. The molecule has 1 unspecified atom stereocenters. The molecule has 26 heavy (non-hydrogen) atoms. The fourth-order valence-corrected chi connectivity index (χ4v) is 4.34. The van der Waals surface area contributed by atoms with Gasteiger partial charge in [-0.05, 0) is 41.0 Å². The highest BCUT2D eigenvalue weighted by atomic mass is 16.2. The molecule has 1 amide bonds. The largest absolute Gasteiger partial charge is 0.369 e. The number of hydrogen-bond acceptors (Lipinski definition) is 5. The first-order chi connectivity index (χ1) is 12.3. The molecule has 1 atom stereocenters. The molecule has 0 radical (unpaired) electrons. The van der Waals surface area contributed by atoms with Gasteiger partial charge in [-0.3, -0.25) is 9.69 Å². The Morgan fingerprint density at radius 1 is 1.12 bits per heavy atom. The molecule has 1 aliphatic heterocycles. The maximum atomic E-state index is 12.6. The third-order valence-electron chi connectivity index (χ3n) is 5.44. The van der Waals surface area contributed by atoms with Crippen molar-refractivity contribution in [2.45, 2.75) is 38.6 Å². The van der Waals surface area contributed by atoms with Crippen LogP contribution in [0.25, 0.3) is 11.1 Å². The molecule has 1 aromatic carbocycles. The third-order valence-corrected chi connectivity index (χ3v) is 5.44. The quantitative estimate of drug-likeness (QED) is 0.857. The number of nitrogens with two attached hydrogens (primary N) is 1. The summed E-state index contributed by atoms with van der Waals surface area (Å²) < 4.78 is 0. The first-order valence-corrected chi connectivity index (χ1v) is 8.80. The van der Waals surface area contributed by atoms with E-state index in [2.05, 4.69) is 42.0 Å². The van der Waals surface area contributed by atoms with Crippen LogP contribution in [0.5, 0.6) is 0 Å². The summed E-state index contributed by atoms with van der Waals surface area (Å²) in [5.41, 5.74) is 9.86. The summed E-state index contributed by atoms with van der Waals surface area (Å²) in [6.07, 6.45) is 7.20. The Hall–Kier alpha value is -2.76. The summed E-state index contributed by atoms with van der Waals surface area (Å²) in [5.74, 6) is 0.299. The lowest BCUT2D eigenvalue weighted by atomic mass is 9.63. The maximum absolute atomic E-state index is 12.6. The van der Waals surface area contributed by atoms with Gasteiger partial charge in [-0.15, -0.1) is 0 Å². The second kappa shape index (κ2) is 5.62. The zero-order valence-corrected chi connectivity index (χ0v) is 15.4. The van der Waals surface area contributed by atoms with Crippen molar-refractivity contribution in [3.8, 4) is 11.1 Å². The van der Waals surface area contributed by atoms with E-state index >= 15 is 0 Å². The van der Waals surface area contributed by atoms with Crippen molar-refractivity contribution in [2.75, 3.05) is 7.05 Å². The Labute approximate surface area is 153 Å². The van der Waals surface area contributed by atoms with Crippen molar-refractivity contribution in [2.24, 2.45) is 16.1 Å². The van der Waals surface area contributed by atoms with Crippen LogP contribution in [0.2, 0.25) is 0 Å². The Morgan fingerprint density at radius 3 is 2.54 bits per heavy atom. The molecule has 2 aromatic rings. The monoisotopic (exact) mass is 349 g/mol. The molecule has 6 nitrogen and oxygen atoms in total. The van der Waals surface area contributed by atoms with Gasteiger partial charge in [-0.2, -0.15) is 0 Å². The SMILES string of the molecule is CN1C(=O)CC2(CC(C)(C)Cc3ccc(-c4cncnc4)cc32)N=C1N. The highest BCUT2D eigenvalue weighted by molar-refractivity contribution is 5.99. The normalized spacial score (nSPS) is 24.3. The Balaban J connectivity index is 1.91. The highest BCUT2D eigenvalue weighted by Gasteiger charge is 2.48. The molecule has 0 saturated carbocycles. The number of nitrogens with zero attached hydrogens (tertiary/aromatic N) is 4. The molecule has 2 N–H and O–H groups in total. The van der Waals surface area contributed by atoms with Gasteiger partial charge in [-0.25, -0.2) is 15.0 Å². The number of fused-ring (bicyclic) bond motifs is 2. The third kappa shape index (κ3) is 2.66. The van der Waals surface area contributed by atoms with E-state index in [1.807, 2.05) is 0 Å². The van der Waals surface area contributed by atoms with Gasteiger partial charge in [0.15, 0.2) is 5.96 Å². The molecule has 1 spiro atoms. The van der Waals surface area contributed by atoms with Crippen LogP contribution >= 0.6 is 0 Å². The molecule has 1 aromatic heterocycles. The summed E-state index contributed by atoms with van der Waals surface area (Å²) in [4.78, 5) is 27.1. The number of amides is 1. The predicted molar refractivity (Wildman–Crippen MR) is 100 cm³/mol. The highest BCUT2D eigenvalue weighted by Crippen LogP contribution is 2.50. The van der Waals surface area contributed by atoms with Crippen LogP contribution in [0, 0.1) is 5.41 Å². The smallest absolute Gasteiger partial charge is 0.231 e. The van der Waals surface area contributed by atoms with Crippen molar-refractivity contribution in [1.82, 2.24) is 14.9 Å². The van der Waals surface area contributed by atoms with E-state index in [1.165, 1.54) is 16.8 Å². The molecule has 0 fully saturated rings. The molecule has 0 saturated heterocycles. The van der Waals surface area contributed by atoms with Crippen LogP contribution in [0.15, 0.2) is 41.9 Å². The molecule has 2 heterocycles. The number of carbonyl (C=O) groups excluding carboxylic acids is 1. The molecule has 6 heteroatoms. The van der Waals surface area contributed by atoms with Crippen molar-refractivity contribution in [3.05, 3.63) is 48.0 Å². The van der Waals surface area contributed by atoms with Crippen LogP contribution in [-0.2, 0) is 16.8 Å². The van der Waals surface area contributed by atoms with E-state index in [9.17, 15) is 4.79 Å². The minimum atomic E-state index is -0.601. The summed E-state index contributed by atoms with van der Waals surface area (Å²) in [7, 11) is 1.68. The second-order valence-electron chi connectivity index (χ2n) is 8.15. The van der Waals surface area contributed by atoms with Crippen molar-refractivity contribution in [1.29, 1.82) is 0 Å². The summed E-state index contributed by atoms with van der Waals surface area (Å²) in [6.45, 7) is 4.45. The van der Waals surface area contributed by atoms with Crippen molar-refractivity contribution in [3.63, 3.8) is 0 Å². The van der Waals surface area contributed by atoms with E-state index in [4.69, 9.17) is 10.7 Å². The maximum Gasteiger partial charge on any atom is 0.231 e. The number of hydrogen-bond donors (Lipinski definition) is 1. The lowest BCUT2D eigenvalue weighted by Gasteiger charge is -2.46. The van der Waals surface area contributed by atoms with Crippen LogP contribution in [0.4, 0.5) is 0 Å². The number of benzene rings is 1. The molecule has 0 bridgehead atoms. The standard InChI is InChI=1S/C20H23N5O/c1-19(2)7-14-5-4-13(15-9-22-12-23-10-15)6-16(14)20(11-19)8-17(26)25(3)18(21)24-20/h4-6,9-10,12H,7-8,11H2,1-3H3,(H2,21,24). The number of aliphatic imine (C=N–C) groups is 1. The number of carbonyl (C=O) groups is 1. The van der Waals surface area contributed by atoms with Gasteiger partial charge in [0.2, 0.25) is 5.91 Å². The van der Waals surface area contributed by atoms with E-state index in [1.54, 1.807) is 19.4 Å². The van der Waals surface area contributed by atoms with Crippen LogP contribution < -0.4 is 5.73 Å². The Morgan fingerprint density at radius 2 is 1.85 bits per heavy atom. The lowest BCUT2D eigenvalue weighted by Crippen LogP contribution is -2.51. The average molecular weight is 349 g/mol. The number of guanidine groups is 1. The lowest BCUT2D eigenvalue weighted by molar-refractivity contribution is -0.129. The summed E-state index contributed by atoms with van der Waals surface area (Å²) in [6, 6.07) is 6.38. The molecule has 134 valence electrons. The van der Waals surface area contributed by atoms with Crippen LogP contribution in [-0.4, -0.2) is 33.8 Å². The van der Waals surface area contributed by atoms with Gasteiger partial charge < -0.3 is 5.73 Å². The zero-order chi connectivity index (χ0) is 18.5. The van der Waals surface area contributed by atoms with Gasteiger partial charge >= 0.3 is 0 Å². The molecular weight excluding hydrogens is 326 g/mol. The molecule has 2 aliphatic rings. The minimum absolute atomic E-state index is 0.00889. The number of rotatable bonds is 1. The van der Waals surface area contributed by atoms with E-state index in [0.717, 1.165) is 29.5 Å². The topological polar surface area (TPSA) is 84.5 Å². The van der Waals surface area contributed by atoms with Crippen molar-refractivity contribution < 1.29 is 4.79 Å². The second-order valence-corrected chi connectivity index (χ2v) is 8.15. The Bertz CT molecular complexity index is 906. The molecular formula is C20H23N5O. The minimum Gasteiger partial charge on any atom is -0.369 e. The van der Waals surface area contributed by atoms with Crippen LogP contribution in [0.1, 0.15) is 37.8 Å². The molecule has 1 aliphatic carbocycles. The van der Waals surface area contributed by atoms with E-state index in [-0.39, 0.29) is 11.3 Å². The fourth-order valence-electron chi connectivity index (χ4n) is 4.34. The van der Waals surface area contributed by atoms with Gasteiger partial charge in [0.05, 0.1) is 12.0 Å². The van der Waals surface area contributed by atoms with Crippen LogP contribution in [0.3, 0.4) is 0 Å². The number of aromatic nitrogens is 2. The van der Waals surface area contributed by atoms with E-state index in [0.29, 0.717) is 12.4 Å². The first-order valence-electron chi connectivity index (χ1n) is 8.80. The van der Waals surface area contributed by atoms with Gasteiger partial charge in [0, 0.05) is 25.0 Å². The van der Waals surface area contributed by atoms with E-state index < -0.39 is 5.54 Å². The summed E-state index contributed by atoms with van der Waals surface area (Å²) >= 11 is 0. The van der Waals surface area contributed by atoms with Gasteiger partial charge in [-0.1, -0.05) is 26.0 Å². The zero-order valence-electron chi connectivity index (χ0n) is 15.4. The molecule has 4 rings (SSSR count). The Kier molecular flexibility index (Phi) is 3.61. The van der Waals surface area contributed by atoms with Gasteiger partial charge in [0.25, 0.3) is 0 Å². The average Bonchev–Trinajstić information content (AvgIpc) is 2.59. The predicted octanol–water partition coefficient (Wildman–Crippen LogP) is 2.49. The fraction of sp³-hybridized carbons (Fsp3) is 0.400.